The standard InChI is InChI=1S/C12H15Cl2NO3/c13-10-2-1-9(7-11(10)14)8-12(18)15(3-5-16)4-6-17/h1-2,7,16-17H,3-6,8H2. The molecular formula is C12H15Cl2NO3. The van der Waals surface area contributed by atoms with Gasteiger partial charge in [-0.3, -0.25) is 4.79 Å². The number of benzene rings is 1. The highest BCUT2D eigenvalue weighted by Gasteiger charge is 2.13. The number of carbonyl (C=O) groups is 1. The zero-order chi connectivity index (χ0) is 13.5. The topological polar surface area (TPSA) is 60.8 Å². The fourth-order valence-corrected chi connectivity index (χ4v) is 1.86. The first-order valence-corrected chi connectivity index (χ1v) is 6.27. The third-order valence-electron chi connectivity index (χ3n) is 2.43. The normalized spacial score (nSPS) is 10.4. The molecule has 2 N–H and O–H groups in total. The van der Waals surface area contributed by atoms with E-state index in [1.54, 1.807) is 18.2 Å². The van der Waals surface area contributed by atoms with Gasteiger partial charge in [0.15, 0.2) is 0 Å². The third kappa shape index (κ3) is 4.46. The summed E-state index contributed by atoms with van der Waals surface area (Å²) in [5.41, 5.74) is 0.746. The average Bonchev–Trinajstić information content (AvgIpc) is 2.33. The van der Waals surface area contributed by atoms with Crippen molar-refractivity contribution in [3.8, 4) is 0 Å². The zero-order valence-electron chi connectivity index (χ0n) is 9.77. The number of hydrogen-bond donors (Lipinski definition) is 2. The zero-order valence-corrected chi connectivity index (χ0v) is 11.3. The van der Waals surface area contributed by atoms with E-state index in [0.29, 0.717) is 10.0 Å². The Morgan fingerprint density at radius 3 is 2.22 bits per heavy atom. The summed E-state index contributed by atoms with van der Waals surface area (Å²) in [6.45, 7) is 0.154. The van der Waals surface area contributed by atoms with Gasteiger partial charge in [0.2, 0.25) is 5.91 Å². The molecule has 0 bridgehead atoms. The molecule has 6 heteroatoms. The highest BCUT2D eigenvalue weighted by Crippen LogP contribution is 2.22. The lowest BCUT2D eigenvalue weighted by atomic mass is 10.1. The largest absolute Gasteiger partial charge is 0.395 e. The molecule has 0 spiro atoms. The van der Waals surface area contributed by atoms with Crippen molar-refractivity contribution < 1.29 is 15.0 Å². The molecule has 0 fully saturated rings. The lowest BCUT2D eigenvalue weighted by molar-refractivity contribution is -0.131. The Bertz CT molecular complexity index is 406. The second-order valence-electron chi connectivity index (χ2n) is 3.75. The van der Waals surface area contributed by atoms with Gasteiger partial charge in [-0.2, -0.15) is 0 Å². The average molecular weight is 292 g/mol. The van der Waals surface area contributed by atoms with Crippen LogP contribution in [0.4, 0.5) is 0 Å². The van der Waals surface area contributed by atoms with E-state index in [1.165, 1.54) is 4.90 Å². The van der Waals surface area contributed by atoms with Crippen LogP contribution in [-0.2, 0) is 11.2 Å². The van der Waals surface area contributed by atoms with Crippen LogP contribution in [0.5, 0.6) is 0 Å². The summed E-state index contributed by atoms with van der Waals surface area (Å²) in [7, 11) is 0. The van der Waals surface area contributed by atoms with Gasteiger partial charge in [-0.15, -0.1) is 0 Å². The molecule has 0 atom stereocenters. The molecule has 100 valence electrons. The van der Waals surface area contributed by atoms with Gasteiger partial charge < -0.3 is 15.1 Å². The summed E-state index contributed by atoms with van der Waals surface area (Å²) < 4.78 is 0. The first kappa shape index (κ1) is 15.2. The fourth-order valence-electron chi connectivity index (χ4n) is 1.54. The molecule has 1 aromatic rings. The van der Waals surface area contributed by atoms with Gasteiger partial charge in [0.25, 0.3) is 0 Å². The number of aliphatic hydroxyl groups excluding tert-OH is 2. The van der Waals surface area contributed by atoms with Crippen LogP contribution >= 0.6 is 23.2 Å². The maximum absolute atomic E-state index is 11.9. The van der Waals surface area contributed by atoms with Crippen molar-refractivity contribution in [1.29, 1.82) is 0 Å². The van der Waals surface area contributed by atoms with Crippen molar-refractivity contribution in [3.63, 3.8) is 0 Å². The van der Waals surface area contributed by atoms with E-state index in [-0.39, 0.29) is 38.6 Å². The maximum atomic E-state index is 11.9. The molecule has 1 amide bonds. The van der Waals surface area contributed by atoms with Crippen molar-refractivity contribution >= 4 is 29.1 Å². The van der Waals surface area contributed by atoms with Gasteiger partial charge in [0.05, 0.1) is 29.7 Å². The van der Waals surface area contributed by atoms with E-state index in [0.717, 1.165) is 5.56 Å². The van der Waals surface area contributed by atoms with E-state index in [9.17, 15) is 4.79 Å². The highest BCUT2D eigenvalue weighted by atomic mass is 35.5. The van der Waals surface area contributed by atoms with Crippen LogP contribution in [0.15, 0.2) is 18.2 Å². The monoisotopic (exact) mass is 291 g/mol. The first-order valence-electron chi connectivity index (χ1n) is 5.52. The molecule has 0 saturated heterocycles. The van der Waals surface area contributed by atoms with E-state index in [1.807, 2.05) is 0 Å². The Balaban J connectivity index is 2.69. The highest BCUT2D eigenvalue weighted by molar-refractivity contribution is 6.42. The number of rotatable bonds is 6. The Kier molecular flexibility index (Phi) is 6.43. The predicted octanol–water partition coefficient (Wildman–Crippen LogP) is 1.35. The molecule has 0 saturated carbocycles. The maximum Gasteiger partial charge on any atom is 0.227 e. The summed E-state index contributed by atoms with van der Waals surface area (Å²) >= 11 is 11.6. The lowest BCUT2D eigenvalue weighted by Gasteiger charge is -2.20. The number of carbonyl (C=O) groups excluding carboxylic acids is 1. The quantitative estimate of drug-likeness (QED) is 0.832. The van der Waals surface area contributed by atoms with Crippen LogP contribution in [0.1, 0.15) is 5.56 Å². The van der Waals surface area contributed by atoms with Crippen LogP contribution in [0.25, 0.3) is 0 Å². The van der Waals surface area contributed by atoms with Crippen LogP contribution in [0.2, 0.25) is 10.0 Å². The van der Waals surface area contributed by atoms with Crippen LogP contribution in [0.3, 0.4) is 0 Å². The van der Waals surface area contributed by atoms with E-state index in [4.69, 9.17) is 33.4 Å². The van der Waals surface area contributed by atoms with E-state index in [2.05, 4.69) is 0 Å². The van der Waals surface area contributed by atoms with Crippen molar-refractivity contribution in [1.82, 2.24) is 4.90 Å². The number of nitrogens with zero attached hydrogens (tertiary/aromatic N) is 1. The smallest absolute Gasteiger partial charge is 0.227 e. The van der Waals surface area contributed by atoms with Crippen molar-refractivity contribution in [2.75, 3.05) is 26.3 Å². The molecule has 0 unspecified atom stereocenters. The molecule has 0 aliphatic heterocycles. The summed E-state index contributed by atoms with van der Waals surface area (Å²) in [5.74, 6) is -0.170. The summed E-state index contributed by atoms with van der Waals surface area (Å²) in [6, 6.07) is 5.00. The molecule has 0 aliphatic carbocycles. The van der Waals surface area contributed by atoms with Crippen molar-refractivity contribution in [2.45, 2.75) is 6.42 Å². The predicted molar refractivity (Wildman–Crippen MR) is 70.9 cm³/mol. The van der Waals surface area contributed by atoms with Crippen LogP contribution < -0.4 is 0 Å². The molecular weight excluding hydrogens is 277 g/mol. The van der Waals surface area contributed by atoms with E-state index >= 15 is 0 Å². The molecule has 18 heavy (non-hydrogen) atoms. The fraction of sp³-hybridized carbons (Fsp3) is 0.417. The lowest BCUT2D eigenvalue weighted by Crippen LogP contribution is -2.36. The minimum atomic E-state index is -0.170. The molecule has 1 aromatic carbocycles. The summed E-state index contributed by atoms with van der Waals surface area (Å²) in [5, 5.41) is 18.5. The second kappa shape index (κ2) is 7.59. The van der Waals surface area contributed by atoms with Gasteiger partial charge in [-0.1, -0.05) is 29.3 Å². The van der Waals surface area contributed by atoms with Gasteiger partial charge >= 0.3 is 0 Å². The molecule has 0 aliphatic rings. The Morgan fingerprint density at radius 2 is 1.72 bits per heavy atom. The number of aliphatic hydroxyl groups is 2. The van der Waals surface area contributed by atoms with Crippen LogP contribution in [0, 0.1) is 0 Å². The number of amides is 1. The molecule has 0 heterocycles. The summed E-state index contributed by atoms with van der Waals surface area (Å²) in [6.07, 6.45) is 0.164. The van der Waals surface area contributed by atoms with Gasteiger partial charge in [0.1, 0.15) is 0 Å². The SMILES string of the molecule is O=C(Cc1ccc(Cl)c(Cl)c1)N(CCO)CCO. The molecule has 1 rings (SSSR count). The Morgan fingerprint density at radius 1 is 1.11 bits per heavy atom. The number of halogens is 2. The molecule has 0 radical (unpaired) electrons. The second-order valence-corrected chi connectivity index (χ2v) is 4.57. The minimum absolute atomic E-state index is 0.132. The Hall–Kier alpha value is -0.810. The molecule has 0 aromatic heterocycles. The third-order valence-corrected chi connectivity index (χ3v) is 3.17. The van der Waals surface area contributed by atoms with Gasteiger partial charge in [0, 0.05) is 13.1 Å². The van der Waals surface area contributed by atoms with Gasteiger partial charge in [-0.05, 0) is 17.7 Å². The van der Waals surface area contributed by atoms with Crippen LogP contribution in [-0.4, -0.2) is 47.3 Å². The van der Waals surface area contributed by atoms with Crippen molar-refractivity contribution in [2.24, 2.45) is 0 Å². The first-order chi connectivity index (χ1) is 8.58. The van der Waals surface area contributed by atoms with Crippen molar-refractivity contribution in [3.05, 3.63) is 33.8 Å². The van der Waals surface area contributed by atoms with Gasteiger partial charge in [-0.25, -0.2) is 0 Å². The van der Waals surface area contributed by atoms with E-state index < -0.39 is 0 Å². The molecule has 4 nitrogen and oxygen atoms in total. The summed E-state index contributed by atoms with van der Waals surface area (Å²) in [4.78, 5) is 13.3. The Labute approximate surface area is 116 Å². The minimum Gasteiger partial charge on any atom is -0.395 e. The number of hydrogen-bond acceptors (Lipinski definition) is 3.